The van der Waals surface area contributed by atoms with E-state index in [-0.39, 0.29) is 5.91 Å². The van der Waals surface area contributed by atoms with Crippen LogP contribution in [0.3, 0.4) is 0 Å². The van der Waals surface area contributed by atoms with Gasteiger partial charge in [0, 0.05) is 26.2 Å². The van der Waals surface area contributed by atoms with Gasteiger partial charge < -0.3 is 14.2 Å². The van der Waals surface area contributed by atoms with E-state index < -0.39 is 16.1 Å². The van der Waals surface area contributed by atoms with E-state index in [1.165, 1.54) is 0 Å². The van der Waals surface area contributed by atoms with Crippen LogP contribution < -0.4 is 9.62 Å². The number of carbonyl (C=O) groups excluding carboxylic acids is 1. The molecule has 3 rings (SSSR count). The molecule has 0 bridgehead atoms. The van der Waals surface area contributed by atoms with E-state index in [1.54, 1.807) is 11.8 Å². The Labute approximate surface area is 140 Å². The molecule has 0 spiro atoms. The number of amides is 1. The van der Waals surface area contributed by atoms with Crippen molar-refractivity contribution in [2.24, 2.45) is 0 Å². The fraction of sp³-hybridized carbons (Fsp3) is 0.467. The Kier molecular flexibility index (Phi) is 4.46. The third kappa shape index (κ3) is 3.68. The number of nitrogens with zero attached hydrogens (tertiary/aromatic N) is 3. The van der Waals surface area contributed by atoms with Gasteiger partial charge in [-0.1, -0.05) is 12.1 Å². The molecule has 1 aromatic carbocycles. The molecule has 1 N–H and O–H groups in total. The molecule has 1 fully saturated rings. The van der Waals surface area contributed by atoms with Crippen molar-refractivity contribution in [1.29, 1.82) is 0 Å². The fourth-order valence-electron chi connectivity index (χ4n) is 2.76. The van der Waals surface area contributed by atoms with Crippen LogP contribution in [-0.4, -0.2) is 62.7 Å². The minimum Gasteiger partial charge on any atom is -0.423 e. The summed E-state index contributed by atoms with van der Waals surface area (Å²) in [6.45, 7) is 3.71. The van der Waals surface area contributed by atoms with Gasteiger partial charge in [-0.05, 0) is 19.1 Å². The highest BCUT2D eigenvalue weighted by Gasteiger charge is 2.27. The Morgan fingerprint density at radius 2 is 1.92 bits per heavy atom. The molecule has 1 aliphatic heterocycles. The summed E-state index contributed by atoms with van der Waals surface area (Å²) in [4.78, 5) is 20.4. The number of anilines is 1. The van der Waals surface area contributed by atoms with Crippen LogP contribution in [0.25, 0.3) is 11.1 Å². The fourth-order valence-corrected chi connectivity index (χ4v) is 3.50. The van der Waals surface area contributed by atoms with Gasteiger partial charge in [0.05, 0.1) is 12.3 Å². The summed E-state index contributed by atoms with van der Waals surface area (Å²) in [6.07, 6.45) is 1.04. The number of sulfonamides is 1. The molecule has 1 amide bonds. The molecule has 9 heteroatoms. The lowest BCUT2D eigenvalue weighted by Gasteiger charge is -2.35. The molecular formula is C15H20N4O4S. The highest BCUT2D eigenvalue weighted by atomic mass is 32.2. The van der Waals surface area contributed by atoms with Crippen molar-refractivity contribution in [3.8, 4) is 0 Å². The molecular weight excluding hydrogens is 332 g/mol. The summed E-state index contributed by atoms with van der Waals surface area (Å²) < 4.78 is 30.5. The molecule has 0 radical (unpaired) electrons. The van der Waals surface area contributed by atoms with Crippen LogP contribution in [0.1, 0.15) is 6.92 Å². The first kappa shape index (κ1) is 16.7. The first-order valence-corrected chi connectivity index (χ1v) is 9.59. The molecule has 2 aromatic rings. The van der Waals surface area contributed by atoms with Crippen molar-refractivity contribution in [3.05, 3.63) is 24.3 Å². The summed E-state index contributed by atoms with van der Waals surface area (Å²) in [6, 6.07) is 7.33. The van der Waals surface area contributed by atoms with Gasteiger partial charge in [-0.3, -0.25) is 4.79 Å². The largest absolute Gasteiger partial charge is 0.423 e. The molecule has 1 saturated heterocycles. The van der Waals surface area contributed by atoms with Gasteiger partial charge >= 0.3 is 0 Å². The zero-order valence-corrected chi connectivity index (χ0v) is 14.4. The van der Waals surface area contributed by atoms with E-state index in [9.17, 15) is 13.2 Å². The lowest BCUT2D eigenvalue weighted by molar-refractivity contribution is -0.132. The Bertz CT molecular complexity index is 807. The van der Waals surface area contributed by atoms with E-state index in [2.05, 4.69) is 9.71 Å². The van der Waals surface area contributed by atoms with E-state index in [0.717, 1.165) is 17.4 Å². The van der Waals surface area contributed by atoms with Gasteiger partial charge in [-0.25, -0.2) is 13.1 Å². The maximum Gasteiger partial charge on any atom is 0.298 e. The predicted molar refractivity (Wildman–Crippen MR) is 90.2 cm³/mol. The second-order valence-electron chi connectivity index (χ2n) is 5.89. The Morgan fingerprint density at radius 3 is 2.54 bits per heavy atom. The maximum atomic E-state index is 12.3. The predicted octanol–water partition coefficient (Wildman–Crippen LogP) is 0.414. The van der Waals surface area contributed by atoms with Crippen molar-refractivity contribution >= 4 is 33.0 Å². The number of benzene rings is 1. The normalized spacial score (nSPS) is 17.2. The van der Waals surface area contributed by atoms with Crippen LogP contribution in [0, 0.1) is 0 Å². The Balaban J connectivity index is 1.62. The molecule has 130 valence electrons. The van der Waals surface area contributed by atoms with E-state index in [0.29, 0.717) is 32.2 Å². The van der Waals surface area contributed by atoms with Gasteiger partial charge in [0.1, 0.15) is 5.52 Å². The monoisotopic (exact) mass is 352 g/mol. The number of hydrogen-bond acceptors (Lipinski definition) is 6. The number of nitrogens with one attached hydrogen (secondary N) is 1. The smallest absolute Gasteiger partial charge is 0.298 e. The zero-order valence-electron chi connectivity index (χ0n) is 13.6. The van der Waals surface area contributed by atoms with Crippen molar-refractivity contribution in [3.63, 3.8) is 0 Å². The van der Waals surface area contributed by atoms with E-state index in [4.69, 9.17) is 4.42 Å². The van der Waals surface area contributed by atoms with Crippen molar-refractivity contribution in [2.45, 2.75) is 13.0 Å². The second-order valence-corrected chi connectivity index (χ2v) is 7.67. The first-order chi connectivity index (χ1) is 11.3. The summed E-state index contributed by atoms with van der Waals surface area (Å²) in [5, 5.41) is 0. The Hall–Kier alpha value is -2.13. The SMILES string of the molecule is CC(NS(C)(=O)=O)C(=O)N1CCN(c2nc3ccccc3o2)CC1. The van der Waals surface area contributed by atoms with Crippen molar-refractivity contribution in [1.82, 2.24) is 14.6 Å². The van der Waals surface area contributed by atoms with Gasteiger partial charge in [0.15, 0.2) is 5.58 Å². The average molecular weight is 352 g/mol. The van der Waals surface area contributed by atoms with E-state index in [1.807, 2.05) is 29.2 Å². The van der Waals surface area contributed by atoms with Gasteiger partial charge in [0.2, 0.25) is 15.9 Å². The third-order valence-electron chi connectivity index (χ3n) is 3.91. The highest BCUT2D eigenvalue weighted by Crippen LogP contribution is 2.22. The second kappa shape index (κ2) is 6.40. The number of rotatable bonds is 4. The molecule has 24 heavy (non-hydrogen) atoms. The molecule has 1 unspecified atom stereocenters. The van der Waals surface area contributed by atoms with Gasteiger partial charge in [0.25, 0.3) is 6.01 Å². The quantitative estimate of drug-likeness (QED) is 0.856. The summed E-state index contributed by atoms with van der Waals surface area (Å²) in [5.74, 6) is -0.224. The van der Waals surface area contributed by atoms with Crippen LogP contribution in [0.15, 0.2) is 28.7 Å². The minimum absolute atomic E-state index is 0.224. The molecule has 0 saturated carbocycles. The van der Waals surface area contributed by atoms with E-state index >= 15 is 0 Å². The number of fused-ring (bicyclic) bond motifs is 1. The zero-order chi connectivity index (χ0) is 17.3. The molecule has 8 nitrogen and oxygen atoms in total. The summed E-state index contributed by atoms with van der Waals surface area (Å²) >= 11 is 0. The molecule has 2 heterocycles. The Morgan fingerprint density at radius 1 is 1.25 bits per heavy atom. The number of aromatic nitrogens is 1. The topological polar surface area (TPSA) is 95.8 Å². The lowest BCUT2D eigenvalue weighted by atomic mass is 10.2. The molecule has 1 aliphatic rings. The minimum atomic E-state index is -3.41. The number of hydrogen-bond donors (Lipinski definition) is 1. The molecule has 0 aliphatic carbocycles. The first-order valence-electron chi connectivity index (χ1n) is 7.70. The number of piperazine rings is 1. The molecule has 1 atom stereocenters. The number of para-hydroxylation sites is 2. The van der Waals surface area contributed by atoms with Crippen LogP contribution in [0.5, 0.6) is 0 Å². The van der Waals surface area contributed by atoms with Crippen LogP contribution in [0.2, 0.25) is 0 Å². The van der Waals surface area contributed by atoms with Crippen LogP contribution in [0.4, 0.5) is 6.01 Å². The van der Waals surface area contributed by atoms with Crippen LogP contribution in [-0.2, 0) is 14.8 Å². The third-order valence-corrected chi connectivity index (χ3v) is 4.69. The standard InChI is InChI=1S/C15H20N4O4S/c1-11(17-24(2,21)22)14(20)18-7-9-19(10-8-18)15-16-12-5-3-4-6-13(12)23-15/h3-6,11,17H,7-10H2,1-2H3. The lowest BCUT2D eigenvalue weighted by Crippen LogP contribution is -2.54. The van der Waals surface area contributed by atoms with Crippen molar-refractivity contribution in [2.75, 3.05) is 37.3 Å². The van der Waals surface area contributed by atoms with Gasteiger partial charge in [-0.15, -0.1) is 0 Å². The summed E-state index contributed by atoms with van der Waals surface area (Å²) in [7, 11) is -3.41. The van der Waals surface area contributed by atoms with Crippen molar-refractivity contribution < 1.29 is 17.6 Å². The number of carbonyl (C=O) groups is 1. The van der Waals surface area contributed by atoms with Crippen LogP contribution >= 0.6 is 0 Å². The van der Waals surface area contributed by atoms with Gasteiger partial charge in [-0.2, -0.15) is 4.98 Å². The average Bonchev–Trinajstić information content (AvgIpc) is 2.96. The summed E-state index contributed by atoms with van der Waals surface area (Å²) in [5.41, 5.74) is 1.54. The highest BCUT2D eigenvalue weighted by molar-refractivity contribution is 7.88. The number of oxazole rings is 1. The maximum absolute atomic E-state index is 12.3. The molecule has 1 aromatic heterocycles.